The molecule has 3 aromatic rings. The van der Waals surface area contributed by atoms with Crippen molar-refractivity contribution in [3.63, 3.8) is 0 Å². The van der Waals surface area contributed by atoms with E-state index in [2.05, 4.69) is 21.2 Å². The van der Waals surface area contributed by atoms with Crippen molar-refractivity contribution in [2.75, 3.05) is 11.9 Å². The third-order valence-corrected chi connectivity index (χ3v) is 5.80. The summed E-state index contributed by atoms with van der Waals surface area (Å²) in [5.74, 6) is -0.614. The molecule has 0 fully saturated rings. The first kappa shape index (κ1) is 26.5. The highest BCUT2D eigenvalue weighted by Gasteiger charge is 2.15. The summed E-state index contributed by atoms with van der Waals surface area (Å²) in [6.45, 7) is 4.45. The summed E-state index contributed by atoms with van der Waals surface area (Å²) in [7, 11) is 0. The summed E-state index contributed by atoms with van der Waals surface area (Å²) in [6.07, 6.45) is 2.38. The van der Waals surface area contributed by atoms with Crippen LogP contribution in [-0.2, 0) is 17.8 Å². The highest BCUT2D eigenvalue weighted by atomic mass is 79.9. The molecule has 8 heteroatoms. The van der Waals surface area contributed by atoms with Crippen molar-refractivity contribution < 1.29 is 24.2 Å². The number of aryl methyl sites for hydroxylation is 1. The lowest BCUT2D eigenvalue weighted by Gasteiger charge is -2.15. The maximum Gasteiger partial charge on any atom is 0.335 e. The number of nitrogens with one attached hydrogen (secondary N) is 1. The molecule has 2 N–H and O–H groups in total. The van der Waals surface area contributed by atoms with Crippen LogP contribution in [0.25, 0.3) is 6.08 Å². The molecule has 0 saturated carbocycles. The van der Waals surface area contributed by atoms with E-state index in [9.17, 15) is 14.9 Å². The highest BCUT2D eigenvalue weighted by molar-refractivity contribution is 9.10. The van der Waals surface area contributed by atoms with E-state index in [0.717, 1.165) is 17.5 Å². The molecular formula is C28H25BrN2O5. The molecule has 0 bridgehead atoms. The standard InChI is InChI=1S/C28H25BrN2O5/c1-3-18-7-11-23(12-8-18)31-27(32)22(16-30)13-20-14-24(29)26(25(15-20)35-4-2)36-17-19-5-9-21(10-6-19)28(33)34/h5-15H,3-4,17H2,1-2H3,(H,31,32)(H,33,34)/b22-13+. The van der Waals surface area contributed by atoms with Crippen LogP contribution in [0, 0.1) is 11.3 Å². The Kier molecular flexibility index (Phi) is 9.25. The summed E-state index contributed by atoms with van der Waals surface area (Å²) in [4.78, 5) is 23.7. The molecule has 3 aromatic carbocycles. The van der Waals surface area contributed by atoms with Gasteiger partial charge in [0.15, 0.2) is 11.5 Å². The van der Waals surface area contributed by atoms with E-state index < -0.39 is 11.9 Å². The molecule has 0 spiro atoms. The predicted molar refractivity (Wildman–Crippen MR) is 141 cm³/mol. The number of anilines is 1. The lowest BCUT2D eigenvalue weighted by Crippen LogP contribution is -2.13. The fourth-order valence-electron chi connectivity index (χ4n) is 3.31. The molecule has 0 heterocycles. The van der Waals surface area contributed by atoms with Crippen molar-refractivity contribution in [1.29, 1.82) is 5.26 Å². The molecule has 0 aliphatic rings. The number of rotatable bonds is 10. The Hall–Kier alpha value is -4.09. The number of halogens is 1. The minimum Gasteiger partial charge on any atom is -0.490 e. The molecule has 184 valence electrons. The first-order valence-electron chi connectivity index (χ1n) is 11.3. The van der Waals surface area contributed by atoms with Crippen molar-refractivity contribution in [3.05, 3.63) is 93.0 Å². The topological polar surface area (TPSA) is 109 Å². The second-order valence-corrected chi connectivity index (χ2v) is 8.58. The zero-order valence-electron chi connectivity index (χ0n) is 19.9. The van der Waals surface area contributed by atoms with E-state index in [0.29, 0.717) is 33.8 Å². The summed E-state index contributed by atoms with van der Waals surface area (Å²) in [5, 5.41) is 21.4. The molecule has 0 unspecified atom stereocenters. The van der Waals surface area contributed by atoms with Gasteiger partial charge in [0.1, 0.15) is 18.2 Å². The number of carbonyl (C=O) groups excluding carboxylic acids is 1. The van der Waals surface area contributed by atoms with Crippen LogP contribution in [0.5, 0.6) is 11.5 Å². The molecule has 36 heavy (non-hydrogen) atoms. The number of amides is 1. The Morgan fingerprint density at radius 3 is 2.28 bits per heavy atom. The van der Waals surface area contributed by atoms with E-state index in [1.807, 2.05) is 32.0 Å². The Labute approximate surface area is 218 Å². The maximum atomic E-state index is 12.7. The second kappa shape index (κ2) is 12.6. The van der Waals surface area contributed by atoms with Crippen LogP contribution in [0.3, 0.4) is 0 Å². The van der Waals surface area contributed by atoms with Crippen molar-refractivity contribution in [2.45, 2.75) is 26.9 Å². The van der Waals surface area contributed by atoms with Gasteiger partial charge in [0.2, 0.25) is 0 Å². The number of aromatic carboxylic acids is 1. The van der Waals surface area contributed by atoms with Gasteiger partial charge in [-0.05, 0) is 88.4 Å². The average Bonchev–Trinajstić information content (AvgIpc) is 2.87. The van der Waals surface area contributed by atoms with Gasteiger partial charge in [-0.15, -0.1) is 0 Å². The summed E-state index contributed by atoms with van der Waals surface area (Å²) >= 11 is 3.49. The smallest absolute Gasteiger partial charge is 0.335 e. The highest BCUT2D eigenvalue weighted by Crippen LogP contribution is 2.38. The Morgan fingerprint density at radius 1 is 1.03 bits per heavy atom. The summed E-state index contributed by atoms with van der Waals surface area (Å²) < 4.78 is 12.3. The van der Waals surface area contributed by atoms with Gasteiger partial charge < -0.3 is 19.9 Å². The summed E-state index contributed by atoms with van der Waals surface area (Å²) in [6, 6.07) is 19.2. The van der Waals surface area contributed by atoms with Crippen LogP contribution in [0.2, 0.25) is 0 Å². The number of nitriles is 1. The van der Waals surface area contributed by atoms with Crippen molar-refractivity contribution >= 4 is 39.6 Å². The lowest BCUT2D eigenvalue weighted by atomic mass is 10.1. The van der Waals surface area contributed by atoms with Crippen molar-refractivity contribution in [2.24, 2.45) is 0 Å². The molecule has 1 amide bonds. The van der Waals surface area contributed by atoms with Gasteiger partial charge >= 0.3 is 5.97 Å². The van der Waals surface area contributed by atoms with E-state index >= 15 is 0 Å². The Morgan fingerprint density at radius 2 is 1.69 bits per heavy atom. The average molecular weight is 549 g/mol. The predicted octanol–water partition coefficient (Wildman–Crippen LogP) is 6.23. The second-order valence-electron chi connectivity index (χ2n) is 7.73. The van der Waals surface area contributed by atoms with E-state index in [-0.39, 0.29) is 17.7 Å². The van der Waals surface area contributed by atoms with E-state index in [1.54, 1.807) is 36.4 Å². The SMILES string of the molecule is CCOc1cc(/C=C(\C#N)C(=O)Nc2ccc(CC)cc2)cc(Br)c1OCc1ccc(C(=O)O)cc1. The molecule has 0 atom stereocenters. The normalized spacial score (nSPS) is 10.9. The molecule has 7 nitrogen and oxygen atoms in total. The van der Waals surface area contributed by atoms with Gasteiger partial charge in [-0.1, -0.05) is 31.2 Å². The molecular weight excluding hydrogens is 524 g/mol. The van der Waals surface area contributed by atoms with Crippen LogP contribution in [-0.4, -0.2) is 23.6 Å². The largest absolute Gasteiger partial charge is 0.490 e. The first-order valence-corrected chi connectivity index (χ1v) is 12.1. The zero-order valence-corrected chi connectivity index (χ0v) is 21.5. The maximum absolute atomic E-state index is 12.7. The van der Waals surface area contributed by atoms with Gasteiger partial charge in [0.05, 0.1) is 16.6 Å². The number of benzene rings is 3. The van der Waals surface area contributed by atoms with Crippen LogP contribution in [0.4, 0.5) is 5.69 Å². The number of carbonyl (C=O) groups is 2. The van der Waals surface area contributed by atoms with Crippen LogP contribution >= 0.6 is 15.9 Å². The Balaban J connectivity index is 1.80. The monoisotopic (exact) mass is 548 g/mol. The lowest BCUT2D eigenvalue weighted by molar-refractivity contribution is -0.112. The van der Waals surface area contributed by atoms with Crippen molar-refractivity contribution in [1.82, 2.24) is 0 Å². The fourth-order valence-corrected chi connectivity index (χ4v) is 3.88. The number of carboxylic acid groups (broad SMARTS) is 1. The molecule has 0 radical (unpaired) electrons. The van der Waals surface area contributed by atoms with Gasteiger partial charge in [-0.3, -0.25) is 4.79 Å². The third kappa shape index (κ3) is 6.96. The minimum atomic E-state index is -0.993. The number of hydrogen-bond acceptors (Lipinski definition) is 5. The summed E-state index contributed by atoms with van der Waals surface area (Å²) in [5.41, 5.74) is 3.26. The zero-order chi connectivity index (χ0) is 26.1. The van der Waals surface area contributed by atoms with Crippen LogP contribution in [0.1, 0.15) is 40.9 Å². The van der Waals surface area contributed by atoms with Crippen molar-refractivity contribution in [3.8, 4) is 17.6 Å². The minimum absolute atomic E-state index is 0.0592. The van der Waals surface area contributed by atoms with E-state index in [4.69, 9.17) is 14.6 Å². The van der Waals surface area contributed by atoms with Crippen LogP contribution in [0.15, 0.2) is 70.7 Å². The van der Waals surface area contributed by atoms with Gasteiger partial charge in [0.25, 0.3) is 5.91 Å². The Bertz CT molecular complexity index is 1310. The number of carboxylic acids is 1. The molecule has 0 aliphatic heterocycles. The molecule has 3 rings (SSSR count). The molecule has 0 aliphatic carbocycles. The molecule has 0 aromatic heterocycles. The van der Waals surface area contributed by atoms with Gasteiger partial charge in [-0.25, -0.2) is 4.79 Å². The molecule has 0 saturated heterocycles. The van der Waals surface area contributed by atoms with Gasteiger partial charge in [-0.2, -0.15) is 5.26 Å². The number of ether oxygens (including phenoxy) is 2. The first-order chi connectivity index (χ1) is 17.3. The van der Waals surface area contributed by atoms with E-state index in [1.165, 1.54) is 18.2 Å². The third-order valence-electron chi connectivity index (χ3n) is 5.21. The fraction of sp³-hybridized carbons (Fsp3) is 0.179. The number of hydrogen-bond donors (Lipinski definition) is 2. The van der Waals surface area contributed by atoms with Gasteiger partial charge in [0, 0.05) is 5.69 Å². The van der Waals surface area contributed by atoms with Crippen LogP contribution < -0.4 is 14.8 Å². The number of nitrogens with zero attached hydrogens (tertiary/aromatic N) is 1. The quantitative estimate of drug-likeness (QED) is 0.229.